The van der Waals surface area contributed by atoms with Crippen molar-refractivity contribution in [2.45, 2.75) is 0 Å². The van der Waals surface area contributed by atoms with Gasteiger partial charge in [0.05, 0.1) is 0 Å². The summed E-state index contributed by atoms with van der Waals surface area (Å²) in [5, 5.41) is 8.83. The van der Waals surface area contributed by atoms with Crippen LogP contribution in [0.3, 0.4) is 0 Å². The Bertz CT molecular complexity index is 40.7. The average Bonchev–Trinajstić information content (AvgIpc) is 0.811. The van der Waals surface area contributed by atoms with Crippen molar-refractivity contribution >= 4 is 66.9 Å². The van der Waals surface area contributed by atoms with Crippen LogP contribution in [0.15, 0.2) is 0 Å². The van der Waals surface area contributed by atoms with Gasteiger partial charge in [0.1, 0.15) is 0 Å². The summed E-state index contributed by atoms with van der Waals surface area (Å²) in [6.07, 6.45) is 0. The minimum absolute atomic E-state index is 0. The maximum Gasteiger partial charge on any atom is 0 e. The Labute approximate surface area is 98.6 Å². The number of rotatable bonds is 0. The van der Waals surface area contributed by atoms with Crippen LogP contribution in [-0.4, -0.2) is 70.6 Å². The average molecular weight is 430 g/mol. The van der Waals surface area contributed by atoms with Crippen molar-refractivity contribution < 1.29 is 23.1 Å². The first-order valence-electron chi connectivity index (χ1n) is 0.623. The standard InChI is InChI=1S/Ga.NO2.Sb.Te.Zn/c;2-1-3;;;. The first kappa shape index (κ1) is 22.8. The van der Waals surface area contributed by atoms with E-state index in [0.717, 1.165) is 0 Å². The Morgan fingerprint density at radius 3 is 1.57 bits per heavy atom. The van der Waals surface area contributed by atoms with E-state index in [1.807, 2.05) is 0 Å². The molecule has 0 rings (SSSR count). The second-order valence-electron chi connectivity index (χ2n) is 0.285. The third kappa shape index (κ3) is 63.2. The van der Waals surface area contributed by atoms with Gasteiger partial charge in [0, 0.05) is 67.6 Å². The second-order valence-corrected chi connectivity index (χ2v) is 1.17. The van der Waals surface area contributed by atoms with Crippen molar-refractivity contribution in [2.24, 2.45) is 0 Å². The molecule has 0 aliphatic heterocycles. The smallest absolute Gasteiger partial charge is 0 e. The molecule has 0 aromatic heterocycles. The molecule has 0 heterocycles. The molecule has 0 saturated carbocycles. The summed E-state index contributed by atoms with van der Waals surface area (Å²) in [6, 6.07) is 0. The Hall–Kier alpha value is 2.27. The molecule has 7 heteroatoms. The topological polar surface area (TPSA) is 43.1 Å². The monoisotopic (exact) mass is 430 g/mol. The van der Waals surface area contributed by atoms with E-state index in [9.17, 15) is 0 Å². The van der Waals surface area contributed by atoms with Crippen molar-refractivity contribution in [1.29, 1.82) is 0 Å². The molecule has 0 amide bonds. The van der Waals surface area contributed by atoms with Gasteiger partial charge in [-0.3, -0.25) is 0 Å². The number of nitro groups is 1. The number of nitrogens with zero attached hydrogens (tertiary/aromatic N) is 1. The molecule has 33 valence electrons. The quantitative estimate of drug-likeness (QED) is 0.269. The molecular weight excluding hydrogens is 430 g/mol. The van der Waals surface area contributed by atoms with E-state index in [-0.39, 0.29) is 67.6 Å². The largest absolute Gasteiger partial charge is 0 e. The first-order chi connectivity index (χ1) is 1.73. The molecule has 7 radical (unpaired) electrons. The van der Waals surface area contributed by atoms with Gasteiger partial charge in [-0.1, -0.05) is 0 Å². The molecule has 0 aliphatic rings. The van der Waals surface area contributed by atoms with Crippen LogP contribution in [0.4, 0.5) is 0 Å². The van der Waals surface area contributed by atoms with Gasteiger partial charge in [0.25, 0.3) is 0 Å². The minimum Gasteiger partial charge on any atom is 0 e. The summed E-state index contributed by atoms with van der Waals surface area (Å²) in [7, 11) is 0. The SMILES string of the molecule is O=[N+]([O-])[Ga].[Sb].[Te].[Zn]. The molecule has 0 bridgehead atoms. The van der Waals surface area contributed by atoms with Crippen molar-refractivity contribution in [3.05, 3.63) is 10.1 Å². The van der Waals surface area contributed by atoms with Crippen molar-refractivity contribution in [3.8, 4) is 0 Å². The zero-order valence-electron chi connectivity index (χ0n) is 3.40. The third-order valence-electron chi connectivity index (χ3n) is 0. The molecule has 0 spiro atoms. The van der Waals surface area contributed by atoms with Gasteiger partial charge in [0.15, 0.2) is 0 Å². The van der Waals surface area contributed by atoms with E-state index in [0.29, 0.717) is 18.8 Å². The van der Waals surface area contributed by atoms with Crippen LogP contribution in [0.25, 0.3) is 0 Å². The molecule has 0 aromatic carbocycles. The van der Waals surface area contributed by atoms with E-state index in [2.05, 4.69) is 0 Å². The molecule has 0 saturated heterocycles. The minimum atomic E-state index is -0.438. The molecular formula is GaNO2SbTeZn. The van der Waals surface area contributed by atoms with Gasteiger partial charge in [-0.25, -0.2) is 0 Å². The molecule has 0 aromatic rings. The molecule has 0 fully saturated rings. The summed E-state index contributed by atoms with van der Waals surface area (Å²) >= 11 is 0.521. The fourth-order valence-corrected chi connectivity index (χ4v) is 0. The maximum absolute atomic E-state index is 8.83. The van der Waals surface area contributed by atoms with Gasteiger partial charge >= 0.3 is 32.6 Å². The number of hydrogen-bond donors (Lipinski definition) is 0. The third-order valence-corrected chi connectivity index (χ3v) is 0. The Morgan fingerprint density at radius 2 is 1.57 bits per heavy atom. The Morgan fingerprint density at radius 1 is 1.57 bits per heavy atom. The first-order valence-corrected chi connectivity index (χ1v) is 1.71. The zero-order valence-corrected chi connectivity index (χ0v) is 13.7. The van der Waals surface area contributed by atoms with Crippen LogP contribution in [0, 0.1) is 10.1 Å². The second kappa shape index (κ2) is 15.7. The van der Waals surface area contributed by atoms with Crippen LogP contribution < -0.4 is 0 Å². The van der Waals surface area contributed by atoms with Gasteiger partial charge in [-0.05, 0) is 0 Å². The molecule has 0 aliphatic carbocycles. The molecule has 7 heavy (non-hydrogen) atoms. The van der Waals surface area contributed by atoms with Crippen molar-refractivity contribution in [2.75, 3.05) is 0 Å². The summed E-state index contributed by atoms with van der Waals surface area (Å²) in [6.45, 7) is 0. The molecule has 0 unspecified atom stereocenters. The predicted octanol–water partition coefficient (Wildman–Crippen LogP) is -1.42. The van der Waals surface area contributed by atoms with Gasteiger partial charge in [-0.15, -0.1) is 0 Å². The fourth-order valence-electron chi connectivity index (χ4n) is 0. The van der Waals surface area contributed by atoms with Crippen LogP contribution in [0.2, 0.25) is 0 Å². The van der Waals surface area contributed by atoms with E-state index < -0.39 is 3.63 Å². The Kier molecular flexibility index (Phi) is 51.3. The molecule has 0 N–H and O–H groups in total. The Balaban J connectivity index is -0.0000000150. The van der Waals surface area contributed by atoms with Gasteiger partial charge < -0.3 is 0 Å². The van der Waals surface area contributed by atoms with E-state index in [4.69, 9.17) is 10.1 Å². The molecule has 3 nitrogen and oxygen atoms in total. The van der Waals surface area contributed by atoms with Crippen molar-refractivity contribution in [1.82, 2.24) is 0 Å². The van der Waals surface area contributed by atoms with Crippen LogP contribution in [-0.2, 0) is 19.5 Å². The van der Waals surface area contributed by atoms with Crippen LogP contribution >= 0.6 is 0 Å². The molecule has 0 atom stereocenters. The summed E-state index contributed by atoms with van der Waals surface area (Å²) in [5.74, 6) is 0. The van der Waals surface area contributed by atoms with Crippen LogP contribution in [0.5, 0.6) is 0 Å². The van der Waals surface area contributed by atoms with Gasteiger partial charge in [0.2, 0.25) is 0 Å². The van der Waals surface area contributed by atoms with E-state index in [1.54, 1.807) is 0 Å². The van der Waals surface area contributed by atoms with Crippen molar-refractivity contribution in [3.63, 3.8) is 0 Å². The zero-order chi connectivity index (χ0) is 3.58. The summed E-state index contributed by atoms with van der Waals surface area (Å²) in [5.41, 5.74) is 0. The normalized spacial score (nSPS) is 3.43. The maximum atomic E-state index is 8.83. The number of hydrogen-bond acceptors (Lipinski definition) is 2. The predicted molar refractivity (Wildman–Crippen MR) is 24.3 cm³/mol. The summed E-state index contributed by atoms with van der Waals surface area (Å²) in [4.78, 5) is 8.83. The van der Waals surface area contributed by atoms with Crippen LogP contribution in [0.1, 0.15) is 0 Å². The summed E-state index contributed by atoms with van der Waals surface area (Å²) < 4.78 is -0.438. The van der Waals surface area contributed by atoms with E-state index >= 15 is 0 Å². The fraction of sp³-hybridized carbons (Fsp3) is 0. The van der Waals surface area contributed by atoms with Gasteiger partial charge in [-0.2, -0.15) is 0 Å². The van der Waals surface area contributed by atoms with E-state index in [1.165, 1.54) is 0 Å².